The lowest BCUT2D eigenvalue weighted by atomic mass is 9.81. The lowest BCUT2D eigenvalue weighted by molar-refractivity contribution is -0.145. The molecule has 32 heavy (non-hydrogen) atoms. The highest BCUT2D eigenvalue weighted by molar-refractivity contribution is 7.92. The third-order valence-corrected chi connectivity index (χ3v) is 7.32. The number of carbonyl (C=O) groups is 1. The summed E-state index contributed by atoms with van der Waals surface area (Å²) >= 11 is 0. The van der Waals surface area contributed by atoms with Crippen molar-refractivity contribution in [2.75, 3.05) is 0 Å². The minimum absolute atomic E-state index is 0.0665. The molecule has 0 spiro atoms. The number of benzene rings is 1. The van der Waals surface area contributed by atoms with Crippen molar-refractivity contribution in [1.82, 2.24) is 9.97 Å². The third-order valence-electron chi connectivity index (χ3n) is 5.17. The smallest absolute Gasteiger partial charge is 0.294 e. The van der Waals surface area contributed by atoms with Crippen LogP contribution in [0.2, 0.25) is 0 Å². The van der Waals surface area contributed by atoms with E-state index >= 15 is 0 Å². The van der Waals surface area contributed by atoms with Gasteiger partial charge in [-0.2, -0.15) is 26.3 Å². The Morgan fingerprint density at radius 3 is 2.09 bits per heavy atom. The predicted octanol–water partition coefficient (Wildman–Crippen LogP) is 4.87. The van der Waals surface area contributed by atoms with Crippen molar-refractivity contribution in [1.29, 1.82) is 0 Å². The molecule has 5 nitrogen and oxygen atoms in total. The molecule has 0 bridgehead atoms. The van der Waals surface area contributed by atoms with Gasteiger partial charge in [-0.15, -0.1) is 0 Å². The van der Waals surface area contributed by atoms with Gasteiger partial charge < -0.3 is 0 Å². The van der Waals surface area contributed by atoms with E-state index in [0.717, 1.165) is 12.4 Å². The zero-order valence-corrected chi connectivity index (χ0v) is 16.9. The van der Waals surface area contributed by atoms with E-state index in [2.05, 4.69) is 9.97 Å². The molecule has 1 heterocycles. The zero-order chi connectivity index (χ0) is 23.9. The van der Waals surface area contributed by atoms with Gasteiger partial charge in [-0.25, -0.2) is 22.8 Å². The Morgan fingerprint density at radius 2 is 1.56 bits per heavy atom. The Hall–Kier alpha value is -2.57. The molecule has 1 aromatic heterocycles. The second-order valence-corrected chi connectivity index (χ2v) is 9.66. The Bertz CT molecular complexity index is 1110. The minimum Gasteiger partial charge on any atom is -0.294 e. The van der Waals surface area contributed by atoms with Crippen molar-refractivity contribution in [3.05, 3.63) is 53.4 Å². The van der Waals surface area contributed by atoms with Gasteiger partial charge in [0.05, 0.1) is 21.3 Å². The van der Waals surface area contributed by atoms with E-state index in [-0.39, 0.29) is 43.2 Å². The molecule has 1 fully saturated rings. The number of Topliss-reactive ketones (excluding diaryl/α,β-unsaturated/α-hetero) is 1. The van der Waals surface area contributed by atoms with E-state index in [1.165, 1.54) is 0 Å². The van der Waals surface area contributed by atoms with Crippen LogP contribution in [-0.2, 0) is 22.2 Å². The summed E-state index contributed by atoms with van der Waals surface area (Å²) in [4.78, 5) is 17.5. The highest BCUT2D eigenvalue weighted by Gasteiger charge is 2.41. The predicted molar refractivity (Wildman–Crippen MR) is 95.7 cm³/mol. The summed E-state index contributed by atoms with van der Waals surface area (Å²) in [5, 5.41) is -1.01. The van der Waals surface area contributed by atoms with Crippen LogP contribution < -0.4 is 0 Å². The highest BCUT2D eigenvalue weighted by Crippen LogP contribution is 2.40. The summed E-state index contributed by atoms with van der Waals surface area (Å²) in [6.45, 7) is 0. The lowest BCUT2D eigenvalue weighted by Crippen LogP contribution is -2.36. The summed E-state index contributed by atoms with van der Waals surface area (Å²) in [6, 6.07) is 1.13. The van der Waals surface area contributed by atoms with Crippen molar-refractivity contribution in [3.63, 3.8) is 0 Å². The van der Waals surface area contributed by atoms with Crippen molar-refractivity contribution < 1.29 is 43.9 Å². The number of hydrogen-bond acceptors (Lipinski definition) is 5. The number of halogens is 7. The van der Waals surface area contributed by atoms with E-state index in [1.807, 2.05) is 0 Å². The SMILES string of the molecule is O=C(CCC1CC(S(=O)(=O)c2cc(F)cc(C(F)(F)F)c2)C1)c1cnc(C(F)(F)F)nc1. The fraction of sp³-hybridized carbons (Fsp3) is 0.421. The molecule has 1 aliphatic carbocycles. The number of sulfone groups is 1. The van der Waals surface area contributed by atoms with Gasteiger partial charge in [-0.05, 0) is 43.4 Å². The molecule has 0 radical (unpaired) electrons. The van der Waals surface area contributed by atoms with Gasteiger partial charge in [-0.3, -0.25) is 4.79 Å². The average molecular weight is 484 g/mol. The summed E-state index contributed by atoms with van der Waals surface area (Å²) in [5.74, 6) is -3.46. The number of carbonyl (C=O) groups excluding carboxylic acids is 1. The molecule has 1 aromatic carbocycles. The van der Waals surface area contributed by atoms with Gasteiger partial charge in [0.15, 0.2) is 15.6 Å². The minimum atomic E-state index is -4.91. The molecule has 0 saturated heterocycles. The fourth-order valence-electron chi connectivity index (χ4n) is 3.34. The number of hydrogen-bond donors (Lipinski definition) is 0. The Kier molecular flexibility index (Phi) is 6.33. The van der Waals surface area contributed by atoms with E-state index in [4.69, 9.17) is 0 Å². The molecule has 0 unspecified atom stereocenters. The quantitative estimate of drug-likeness (QED) is 0.432. The topological polar surface area (TPSA) is 77.0 Å². The molecular weight excluding hydrogens is 469 g/mol. The molecule has 3 rings (SSSR count). The van der Waals surface area contributed by atoms with Gasteiger partial charge in [0.25, 0.3) is 0 Å². The largest absolute Gasteiger partial charge is 0.451 e. The second-order valence-electron chi connectivity index (χ2n) is 7.43. The number of aromatic nitrogens is 2. The normalized spacial score (nSPS) is 19.5. The molecule has 0 aliphatic heterocycles. The zero-order valence-electron chi connectivity index (χ0n) is 16.0. The summed E-state index contributed by atoms with van der Waals surface area (Å²) < 4.78 is 114. The number of alkyl halides is 6. The Balaban J connectivity index is 1.58. The Morgan fingerprint density at radius 1 is 0.969 bits per heavy atom. The summed E-state index contributed by atoms with van der Waals surface area (Å²) in [6.07, 6.45) is -7.86. The average Bonchev–Trinajstić information content (AvgIpc) is 2.64. The Labute approximate surface area is 177 Å². The molecule has 1 saturated carbocycles. The van der Waals surface area contributed by atoms with E-state index in [0.29, 0.717) is 12.1 Å². The van der Waals surface area contributed by atoms with Crippen LogP contribution in [0.15, 0.2) is 35.5 Å². The molecule has 1 aliphatic rings. The van der Waals surface area contributed by atoms with Crippen LogP contribution in [0.4, 0.5) is 30.7 Å². The number of ketones is 1. The molecule has 2 aromatic rings. The van der Waals surface area contributed by atoms with Gasteiger partial charge in [-0.1, -0.05) is 0 Å². The van der Waals surface area contributed by atoms with Gasteiger partial charge in [0, 0.05) is 18.8 Å². The van der Waals surface area contributed by atoms with Gasteiger partial charge >= 0.3 is 12.4 Å². The molecular formula is C19H15F7N2O3S. The standard InChI is InChI=1S/C19H15F7N2O3S/c20-13-5-12(18(21,22)23)6-15(7-13)32(30,31)14-3-10(4-14)1-2-16(29)11-8-27-17(28-9-11)19(24,25)26/h5-10,14H,1-4H2. The molecule has 13 heteroatoms. The molecule has 0 atom stereocenters. The maximum absolute atomic E-state index is 13.5. The van der Waals surface area contributed by atoms with Crippen molar-refractivity contribution in [2.24, 2.45) is 5.92 Å². The van der Waals surface area contributed by atoms with Crippen LogP contribution in [0.25, 0.3) is 0 Å². The first-order valence-corrected chi connectivity index (χ1v) is 10.8. The van der Waals surface area contributed by atoms with Crippen LogP contribution in [0.5, 0.6) is 0 Å². The number of rotatable bonds is 6. The third kappa shape index (κ3) is 5.25. The van der Waals surface area contributed by atoms with E-state index in [1.54, 1.807) is 0 Å². The second kappa shape index (κ2) is 8.41. The monoisotopic (exact) mass is 484 g/mol. The first kappa shape index (κ1) is 24.1. The van der Waals surface area contributed by atoms with Crippen LogP contribution in [-0.4, -0.2) is 29.4 Å². The lowest BCUT2D eigenvalue weighted by Gasteiger charge is -2.34. The maximum Gasteiger partial charge on any atom is 0.451 e. The van der Waals surface area contributed by atoms with Crippen molar-refractivity contribution in [2.45, 2.75) is 48.2 Å². The van der Waals surface area contributed by atoms with Crippen molar-refractivity contribution >= 4 is 15.6 Å². The van der Waals surface area contributed by atoms with Crippen LogP contribution in [0.1, 0.15) is 47.4 Å². The van der Waals surface area contributed by atoms with Gasteiger partial charge in [0.1, 0.15) is 5.82 Å². The van der Waals surface area contributed by atoms with Gasteiger partial charge in [0.2, 0.25) is 5.82 Å². The summed E-state index contributed by atoms with van der Waals surface area (Å²) in [7, 11) is -4.20. The van der Waals surface area contributed by atoms with Crippen LogP contribution in [0, 0.1) is 11.7 Å². The molecule has 0 amide bonds. The first-order chi connectivity index (χ1) is 14.7. The van der Waals surface area contributed by atoms with E-state index in [9.17, 15) is 43.9 Å². The molecule has 174 valence electrons. The number of nitrogens with zero attached hydrogens (tertiary/aromatic N) is 2. The van der Waals surface area contributed by atoms with Crippen molar-refractivity contribution in [3.8, 4) is 0 Å². The van der Waals surface area contributed by atoms with E-state index < -0.39 is 55.3 Å². The van der Waals surface area contributed by atoms with Crippen LogP contribution in [0.3, 0.4) is 0 Å². The fourth-order valence-corrected chi connectivity index (χ4v) is 5.35. The maximum atomic E-state index is 13.5. The van der Waals surface area contributed by atoms with Crippen LogP contribution >= 0.6 is 0 Å². The summed E-state index contributed by atoms with van der Waals surface area (Å²) in [5.41, 5.74) is -1.53. The first-order valence-electron chi connectivity index (χ1n) is 9.22. The highest BCUT2D eigenvalue weighted by atomic mass is 32.2. The molecule has 0 N–H and O–H groups in total.